The number of esters is 1. The molecule has 2 aromatic rings. The SMILES string of the molecule is COC(=O)c1cccc(-c2cc(OC)ccc2OCC(C)NC(=O)OC(C)(C)C)c1. The number of carbonyl (C=O) groups is 2. The minimum atomic E-state index is -0.571. The first-order valence-corrected chi connectivity index (χ1v) is 9.62. The van der Waals surface area contributed by atoms with E-state index in [-0.39, 0.29) is 12.6 Å². The van der Waals surface area contributed by atoms with Crippen LogP contribution in [0.15, 0.2) is 42.5 Å². The van der Waals surface area contributed by atoms with Gasteiger partial charge in [0.2, 0.25) is 0 Å². The average molecular weight is 415 g/mol. The Morgan fingerprint density at radius 3 is 2.43 bits per heavy atom. The summed E-state index contributed by atoms with van der Waals surface area (Å²) in [7, 11) is 2.92. The summed E-state index contributed by atoms with van der Waals surface area (Å²) in [5, 5.41) is 2.75. The fourth-order valence-electron chi connectivity index (χ4n) is 2.68. The van der Waals surface area contributed by atoms with Crippen molar-refractivity contribution in [3.05, 3.63) is 48.0 Å². The van der Waals surface area contributed by atoms with E-state index in [1.807, 2.05) is 19.1 Å². The molecule has 0 radical (unpaired) electrons. The second-order valence-electron chi connectivity index (χ2n) is 7.79. The number of alkyl carbamates (subject to hydrolysis) is 1. The van der Waals surface area contributed by atoms with E-state index in [1.165, 1.54) is 7.11 Å². The molecule has 162 valence electrons. The van der Waals surface area contributed by atoms with E-state index in [0.717, 1.165) is 11.1 Å². The van der Waals surface area contributed by atoms with Crippen molar-refractivity contribution in [1.29, 1.82) is 0 Å². The maximum atomic E-state index is 11.9. The van der Waals surface area contributed by atoms with Crippen molar-refractivity contribution in [2.75, 3.05) is 20.8 Å². The number of hydrogen-bond donors (Lipinski definition) is 1. The Morgan fingerprint density at radius 1 is 1.07 bits per heavy atom. The lowest BCUT2D eigenvalue weighted by Crippen LogP contribution is -2.40. The zero-order valence-electron chi connectivity index (χ0n) is 18.3. The molecule has 1 amide bonds. The van der Waals surface area contributed by atoms with Crippen molar-refractivity contribution in [3.8, 4) is 22.6 Å². The molecule has 0 saturated carbocycles. The number of ether oxygens (including phenoxy) is 4. The smallest absolute Gasteiger partial charge is 0.407 e. The largest absolute Gasteiger partial charge is 0.497 e. The summed E-state index contributed by atoms with van der Waals surface area (Å²) in [5.41, 5.74) is 1.39. The van der Waals surface area contributed by atoms with E-state index in [4.69, 9.17) is 18.9 Å². The summed E-state index contributed by atoms with van der Waals surface area (Å²) in [6.07, 6.45) is -0.501. The molecule has 30 heavy (non-hydrogen) atoms. The van der Waals surface area contributed by atoms with Crippen LogP contribution in [-0.2, 0) is 9.47 Å². The lowest BCUT2D eigenvalue weighted by Gasteiger charge is -2.22. The third-order valence-corrected chi connectivity index (χ3v) is 4.03. The van der Waals surface area contributed by atoms with Crippen molar-refractivity contribution in [2.45, 2.75) is 39.3 Å². The number of amides is 1. The molecular formula is C23H29NO6. The molecule has 0 aliphatic heterocycles. The standard InChI is InChI=1S/C23H29NO6/c1-15(24-22(26)30-23(2,3)4)14-29-20-11-10-18(27-5)13-19(20)16-8-7-9-17(12-16)21(25)28-6/h7-13,15H,14H2,1-6H3,(H,24,26). The summed E-state index contributed by atoms with van der Waals surface area (Å²) in [5.74, 6) is 0.828. The minimum Gasteiger partial charge on any atom is -0.497 e. The predicted octanol–water partition coefficient (Wildman–Crippen LogP) is 4.44. The lowest BCUT2D eigenvalue weighted by atomic mass is 10.0. The first kappa shape index (κ1) is 23.1. The van der Waals surface area contributed by atoms with Gasteiger partial charge in [-0.1, -0.05) is 12.1 Å². The maximum absolute atomic E-state index is 11.9. The van der Waals surface area contributed by atoms with Crippen molar-refractivity contribution in [1.82, 2.24) is 5.32 Å². The Labute approximate surface area is 177 Å². The van der Waals surface area contributed by atoms with Crippen LogP contribution in [0.5, 0.6) is 11.5 Å². The van der Waals surface area contributed by atoms with Gasteiger partial charge in [0.05, 0.1) is 25.8 Å². The van der Waals surface area contributed by atoms with Crippen LogP contribution in [-0.4, -0.2) is 44.5 Å². The number of benzene rings is 2. The van der Waals surface area contributed by atoms with Gasteiger partial charge >= 0.3 is 12.1 Å². The fourth-order valence-corrected chi connectivity index (χ4v) is 2.68. The molecule has 0 heterocycles. The predicted molar refractivity (Wildman–Crippen MR) is 114 cm³/mol. The first-order chi connectivity index (χ1) is 14.1. The molecule has 2 aromatic carbocycles. The lowest BCUT2D eigenvalue weighted by molar-refractivity contribution is 0.0493. The normalized spacial score (nSPS) is 11.9. The van der Waals surface area contributed by atoms with E-state index in [1.54, 1.807) is 58.2 Å². The van der Waals surface area contributed by atoms with Gasteiger partial charge in [-0.15, -0.1) is 0 Å². The topological polar surface area (TPSA) is 83.1 Å². The van der Waals surface area contributed by atoms with Crippen LogP contribution in [0.2, 0.25) is 0 Å². The summed E-state index contributed by atoms with van der Waals surface area (Å²) < 4.78 is 21.4. The third kappa shape index (κ3) is 6.69. The van der Waals surface area contributed by atoms with E-state index >= 15 is 0 Å². The van der Waals surface area contributed by atoms with Gasteiger partial charge < -0.3 is 24.3 Å². The Morgan fingerprint density at radius 2 is 1.80 bits per heavy atom. The summed E-state index contributed by atoms with van der Waals surface area (Å²) in [6, 6.07) is 12.2. The Balaban J connectivity index is 2.19. The van der Waals surface area contributed by atoms with Gasteiger partial charge in [0, 0.05) is 5.56 Å². The molecule has 0 saturated heterocycles. The highest BCUT2D eigenvalue weighted by atomic mass is 16.6. The monoisotopic (exact) mass is 415 g/mol. The molecule has 1 atom stereocenters. The zero-order valence-corrected chi connectivity index (χ0v) is 18.3. The van der Waals surface area contributed by atoms with Crippen molar-refractivity contribution in [2.24, 2.45) is 0 Å². The van der Waals surface area contributed by atoms with Crippen molar-refractivity contribution in [3.63, 3.8) is 0 Å². The molecule has 2 rings (SSSR count). The Kier molecular flexibility index (Phi) is 7.69. The van der Waals surface area contributed by atoms with Crippen molar-refractivity contribution < 1.29 is 28.5 Å². The number of carbonyl (C=O) groups excluding carboxylic acids is 2. The van der Waals surface area contributed by atoms with Gasteiger partial charge in [0.25, 0.3) is 0 Å². The molecule has 7 nitrogen and oxygen atoms in total. The molecule has 1 N–H and O–H groups in total. The highest BCUT2D eigenvalue weighted by Gasteiger charge is 2.18. The molecule has 0 aliphatic rings. The van der Waals surface area contributed by atoms with Crippen LogP contribution in [0.1, 0.15) is 38.1 Å². The van der Waals surface area contributed by atoms with Crippen LogP contribution < -0.4 is 14.8 Å². The molecule has 0 spiro atoms. The summed E-state index contributed by atoms with van der Waals surface area (Å²) >= 11 is 0. The molecule has 7 heteroatoms. The zero-order chi connectivity index (χ0) is 22.3. The maximum Gasteiger partial charge on any atom is 0.407 e. The molecule has 0 fully saturated rings. The molecule has 0 aromatic heterocycles. The molecule has 0 aliphatic carbocycles. The quantitative estimate of drug-likeness (QED) is 0.673. The van der Waals surface area contributed by atoms with Gasteiger partial charge in [-0.25, -0.2) is 9.59 Å². The Bertz CT molecular complexity index is 888. The van der Waals surface area contributed by atoms with Crippen LogP contribution >= 0.6 is 0 Å². The van der Waals surface area contributed by atoms with Gasteiger partial charge in [0.15, 0.2) is 0 Å². The fraction of sp³-hybridized carbons (Fsp3) is 0.391. The van der Waals surface area contributed by atoms with Gasteiger partial charge in [-0.2, -0.15) is 0 Å². The summed E-state index contributed by atoms with van der Waals surface area (Å²) in [6.45, 7) is 7.47. The molecular weight excluding hydrogens is 386 g/mol. The highest BCUT2D eigenvalue weighted by Crippen LogP contribution is 2.34. The molecule has 1 unspecified atom stereocenters. The number of methoxy groups -OCH3 is 2. The van der Waals surface area contributed by atoms with Gasteiger partial charge in [-0.05, 0) is 63.6 Å². The van der Waals surface area contributed by atoms with Crippen LogP contribution in [0, 0.1) is 0 Å². The van der Waals surface area contributed by atoms with E-state index in [2.05, 4.69) is 5.32 Å². The van der Waals surface area contributed by atoms with E-state index in [9.17, 15) is 9.59 Å². The Hall–Kier alpha value is -3.22. The number of rotatable bonds is 7. The van der Waals surface area contributed by atoms with Crippen LogP contribution in [0.3, 0.4) is 0 Å². The van der Waals surface area contributed by atoms with E-state index < -0.39 is 17.7 Å². The van der Waals surface area contributed by atoms with E-state index in [0.29, 0.717) is 17.1 Å². The highest BCUT2D eigenvalue weighted by molar-refractivity contribution is 5.91. The van der Waals surface area contributed by atoms with Gasteiger partial charge in [-0.3, -0.25) is 0 Å². The van der Waals surface area contributed by atoms with Crippen molar-refractivity contribution >= 4 is 12.1 Å². The minimum absolute atomic E-state index is 0.231. The number of hydrogen-bond acceptors (Lipinski definition) is 6. The first-order valence-electron chi connectivity index (χ1n) is 9.62. The molecule has 0 bridgehead atoms. The average Bonchev–Trinajstić information content (AvgIpc) is 2.70. The second kappa shape index (κ2) is 10.0. The summed E-state index contributed by atoms with van der Waals surface area (Å²) in [4.78, 5) is 23.8. The second-order valence-corrected chi connectivity index (χ2v) is 7.79. The van der Waals surface area contributed by atoms with Gasteiger partial charge in [0.1, 0.15) is 23.7 Å². The third-order valence-electron chi connectivity index (χ3n) is 4.03. The van der Waals surface area contributed by atoms with Crippen LogP contribution in [0.25, 0.3) is 11.1 Å². The van der Waals surface area contributed by atoms with Crippen LogP contribution in [0.4, 0.5) is 4.79 Å². The number of nitrogens with one attached hydrogen (secondary N) is 1.